The Balaban J connectivity index is 1.76. The Labute approximate surface area is 153 Å². The predicted octanol–water partition coefficient (Wildman–Crippen LogP) is 3.07. The summed E-state index contributed by atoms with van der Waals surface area (Å²) in [7, 11) is 1.50. The van der Waals surface area contributed by atoms with Crippen LogP contribution in [0, 0.1) is 0 Å². The first-order valence-electron chi connectivity index (χ1n) is 8.19. The maximum Gasteiger partial charge on any atom is 0.390 e. The normalized spacial score (nSPS) is 13.8. The van der Waals surface area contributed by atoms with Crippen LogP contribution in [0.25, 0.3) is 0 Å². The first-order valence-corrected chi connectivity index (χ1v) is 8.19. The molecular weight excluding hydrogens is 361 g/mol. The number of fused-ring (bicyclic) bond motifs is 1. The summed E-state index contributed by atoms with van der Waals surface area (Å²) < 4.78 is 37.0. The number of benzene rings is 1. The highest BCUT2D eigenvalue weighted by Crippen LogP contribution is 2.30. The van der Waals surface area contributed by atoms with Crippen LogP contribution in [0.15, 0.2) is 42.6 Å². The molecule has 1 aliphatic heterocycles. The number of nitrogens with one attached hydrogen (secondary N) is 1. The number of amides is 2. The summed E-state index contributed by atoms with van der Waals surface area (Å²) in [5.41, 5.74) is 1.36. The lowest BCUT2D eigenvalue weighted by molar-refractivity contribution is -0.132. The molecule has 0 atom stereocenters. The smallest absolute Gasteiger partial charge is 0.359 e. The first-order chi connectivity index (χ1) is 12.7. The Morgan fingerprint density at radius 1 is 1.26 bits per heavy atom. The third kappa shape index (κ3) is 4.36. The highest BCUT2D eigenvalue weighted by molar-refractivity contribution is 6.15. The summed E-state index contributed by atoms with van der Waals surface area (Å²) in [5.74, 6) is -0.389. The van der Waals surface area contributed by atoms with E-state index in [1.165, 1.54) is 35.2 Å². The lowest BCUT2D eigenvalue weighted by atomic mass is 10.1. The van der Waals surface area contributed by atoms with E-state index < -0.39 is 18.5 Å². The average molecular weight is 378 g/mol. The molecule has 0 fully saturated rings. The average Bonchev–Trinajstić information content (AvgIpc) is 2.64. The third-order valence-corrected chi connectivity index (χ3v) is 4.13. The summed E-state index contributed by atoms with van der Waals surface area (Å²) >= 11 is 0. The van der Waals surface area contributed by atoms with Crippen molar-refractivity contribution in [3.8, 4) is 0 Å². The number of halogens is 3. The Morgan fingerprint density at radius 2 is 2.00 bits per heavy atom. The minimum atomic E-state index is -4.24. The summed E-state index contributed by atoms with van der Waals surface area (Å²) in [6, 6.07) is 9.90. The van der Waals surface area contributed by atoms with Crippen LogP contribution in [-0.2, 0) is 4.79 Å². The van der Waals surface area contributed by atoms with Crippen LogP contribution in [0.4, 0.5) is 30.4 Å². The molecule has 1 aromatic heterocycles. The second kappa shape index (κ2) is 7.26. The number of carbonyl (C=O) groups excluding carboxylic acids is 2. The number of nitrogens with zero attached hydrogens (tertiary/aromatic N) is 3. The number of pyridine rings is 1. The van der Waals surface area contributed by atoms with Crippen LogP contribution >= 0.6 is 0 Å². The molecule has 0 bridgehead atoms. The molecule has 1 aromatic carbocycles. The van der Waals surface area contributed by atoms with E-state index in [1.807, 2.05) is 0 Å². The van der Waals surface area contributed by atoms with Crippen molar-refractivity contribution in [2.75, 3.05) is 35.3 Å². The number of hydrogen-bond donors (Lipinski definition) is 1. The fourth-order valence-electron chi connectivity index (χ4n) is 2.72. The van der Waals surface area contributed by atoms with Gasteiger partial charge in [0.2, 0.25) is 5.91 Å². The van der Waals surface area contributed by atoms with Gasteiger partial charge in [-0.25, -0.2) is 4.98 Å². The molecule has 0 saturated heterocycles. The molecule has 0 unspecified atom stereocenters. The van der Waals surface area contributed by atoms with Crippen LogP contribution in [0.1, 0.15) is 16.8 Å². The van der Waals surface area contributed by atoms with E-state index in [1.54, 1.807) is 24.3 Å². The quantitative estimate of drug-likeness (QED) is 0.888. The van der Waals surface area contributed by atoms with Gasteiger partial charge in [0.1, 0.15) is 12.4 Å². The Kier molecular flexibility index (Phi) is 5.02. The molecule has 2 amide bonds. The zero-order chi connectivity index (χ0) is 19.6. The largest absolute Gasteiger partial charge is 0.390 e. The molecule has 2 aromatic rings. The molecular formula is C18H17F3N4O2. The fraction of sp³-hybridized carbons (Fsp3) is 0.278. The van der Waals surface area contributed by atoms with E-state index in [4.69, 9.17) is 0 Å². The molecule has 3 rings (SSSR count). The van der Waals surface area contributed by atoms with E-state index in [9.17, 15) is 22.8 Å². The third-order valence-electron chi connectivity index (χ3n) is 4.13. The number of para-hydroxylation sites is 2. The van der Waals surface area contributed by atoms with Gasteiger partial charge in [-0.05, 0) is 24.3 Å². The molecule has 0 radical (unpaired) electrons. The predicted molar refractivity (Wildman–Crippen MR) is 94.9 cm³/mol. The van der Waals surface area contributed by atoms with Gasteiger partial charge in [-0.2, -0.15) is 13.2 Å². The van der Waals surface area contributed by atoms with Gasteiger partial charge in [-0.1, -0.05) is 12.1 Å². The molecule has 0 aliphatic carbocycles. The summed E-state index contributed by atoms with van der Waals surface area (Å²) in [6.07, 6.45) is -3.89. The lowest BCUT2D eigenvalue weighted by Gasteiger charge is -2.29. The maximum absolute atomic E-state index is 12.8. The standard InChI is InChI=1S/C18H17F3N4O2/c1-24(9-8-18(19,20)21)15-7-6-12(10-22-15)17(27)25-11-16(26)23-13-4-2-3-5-14(13)25/h2-7,10H,8-9,11H2,1H3,(H,23,26). The second-order valence-corrected chi connectivity index (χ2v) is 6.15. The van der Waals surface area contributed by atoms with Crippen LogP contribution in [0.3, 0.4) is 0 Å². The topological polar surface area (TPSA) is 65.5 Å². The molecule has 1 N–H and O–H groups in total. The SMILES string of the molecule is CN(CCC(F)(F)F)c1ccc(C(=O)N2CC(=O)Nc3ccccc32)cn1. The fourth-order valence-corrected chi connectivity index (χ4v) is 2.72. The number of hydrogen-bond acceptors (Lipinski definition) is 4. The van der Waals surface area contributed by atoms with Gasteiger partial charge in [-0.15, -0.1) is 0 Å². The van der Waals surface area contributed by atoms with Crippen molar-refractivity contribution in [1.82, 2.24) is 4.98 Å². The number of anilines is 3. The Bertz CT molecular complexity index is 852. The molecule has 0 spiro atoms. The van der Waals surface area contributed by atoms with E-state index in [2.05, 4.69) is 10.3 Å². The van der Waals surface area contributed by atoms with Gasteiger partial charge in [0.15, 0.2) is 0 Å². The van der Waals surface area contributed by atoms with E-state index in [0.29, 0.717) is 17.2 Å². The van der Waals surface area contributed by atoms with Gasteiger partial charge >= 0.3 is 6.18 Å². The zero-order valence-electron chi connectivity index (χ0n) is 14.5. The van der Waals surface area contributed by atoms with Gasteiger partial charge < -0.3 is 10.2 Å². The van der Waals surface area contributed by atoms with Crippen LogP contribution in [0.2, 0.25) is 0 Å². The number of alkyl halides is 3. The number of aromatic nitrogens is 1. The molecule has 9 heteroatoms. The van der Waals surface area contributed by atoms with Crippen LogP contribution in [-0.4, -0.2) is 43.1 Å². The molecule has 142 valence electrons. The monoisotopic (exact) mass is 378 g/mol. The molecule has 1 aliphatic rings. The number of rotatable bonds is 4. The highest BCUT2D eigenvalue weighted by atomic mass is 19.4. The first kappa shape index (κ1) is 18.7. The highest BCUT2D eigenvalue weighted by Gasteiger charge is 2.29. The maximum atomic E-state index is 12.8. The molecule has 6 nitrogen and oxygen atoms in total. The second-order valence-electron chi connectivity index (χ2n) is 6.15. The minimum absolute atomic E-state index is 0.122. The summed E-state index contributed by atoms with van der Waals surface area (Å²) in [6.45, 7) is -0.355. The summed E-state index contributed by atoms with van der Waals surface area (Å²) in [4.78, 5) is 31.4. The van der Waals surface area contributed by atoms with Gasteiger partial charge in [-0.3, -0.25) is 14.5 Å². The van der Waals surface area contributed by atoms with Gasteiger partial charge in [0.25, 0.3) is 5.91 Å². The number of carbonyl (C=O) groups is 2. The van der Waals surface area contributed by atoms with E-state index >= 15 is 0 Å². The van der Waals surface area contributed by atoms with Crippen molar-refractivity contribution in [1.29, 1.82) is 0 Å². The molecule has 2 heterocycles. The van der Waals surface area contributed by atoms with Crippen molar-refractivity contribution < 1.29 is 22.8 Å². The minimum Gasteiger partial charge on any atom is -0.359 e. The molecule has 0 saturated carbocycles. The van der Waals surface area contributed by atoms with Gasteiger partial charge in [0.05, 0.1) is 23.4 Å². The van der Waals surface area contributed by atoms with Crippen molar-refractivity contribution in [3.63, 3.8) is 0 Å². The summed E-state index contributed by atoms with van der Waals surface area (Å²) in [5, 5.41) is 2.70. The van der Waals surface area contributed by atoms with Crippen molar-refractivity contribution in [2.24, 2.45) is 0 Å². The van der Waals surface area contributed by atoms with Crippen LogP contribution in [0.5, 0.6) is 0 Å². The zero-order valence-corrected chi connectivity index (χ0v) is 14.5. The molecule has 27 heavy (non-hydrogen) atoms. The van der Waals surface area contributed by atoms with Crippen molar-refractivity contribution >= 4 is 29.0 Å². The van der Waals surface area contributed by atoms with E-state index in [-0.39, 0.29) is 24.6 Å². The lowest BCUT2D eigenvalue weighted by Crippen LogP contribution is -2.42. The Hall–Kier alpha value is -3.10. The van der Waals surface area contributed by atoms with Crippen molar-refractivity contribution in [3.05, 3.63) is 48.2 Å². The Morgan fingerprint density at radius 3 is 2.67 bits per heavy atom. The van der Waals surface area contributed by atoms with E-state index in [0.717, 1.165) is 0 Å². The van der Waals surface area contributed by atoms with Gasteiger partial charge in [0, 0.05) is 19.8 Å². The van der Waals surface area contributed by atoms with Crippen LogP contribution < -0.4 is 15.1 Å². The van der Waals surface area contributed by atoms with Crippen molar-refractivity contribution in [2.45, 2.75) is 12.6 Å².